The molecule has 0 saturated carbocycles. The normalized spacial score (nSPS) is 12.7. The van der Waals surface area contributed by atoms with Gasteiger partial charge in [-0.05, 0) is 26.3 Å². The van der Waals surface area contributed by atoms with Gasteiger partial charge in [0.25, 0.3) is 0 Å². The molecule has 0 aliphatic rings. The van der Waals surface area contributed by atoms with E-state index in [2.05, 4.69) is 18.5 Å². The van der Waals surface area contributed by atoms with Gasteiger partial charge in [-0.25, -0.2) is 9.59 Å². The van der Waals surface area contributed by atoms with Gasteiger partial charge in [0.05, 0.1) is 6.42 Å². The zero-order chi connectivity index (χ0) is 18.0. The molecule has 0 fully saturated rings. The molecule has 23 heavy (non-hydrogen) atoms. The summed E-state index contributed by atoms with van der Waals surface area (Å²) in [5.41, 5.74) is -0.190. The standard InChI is InChI=1S/C16H23NO6/c1-6-8-11(7-2)10-22-14(20)12(9-13(18)19)17-15(21)23-16(3,4)5/h6-8,12H,1-2,9-10H2,3-5H3,(H,17,21)(H,18,19)/b11-8+. The van der Waals surface area contributed by atoms with E-state index in [1.54, 1.807) is 26.8 Å². The molecule has 0 aromatic heterocycles. The summed E-state index contributed by atoms with van der Waals surface area (Å²) in [5.74, 6) is -2.14. The number of alkyl carbamates (subject to hydrolysis) is 1. The fourth-order valence-corrected chi connectivity index (χ4v) is 1.40. The highest BCUT2D eigenvalue weighted by molar-refractivity contribution is 5.85. The van der Waals surface area contributed by atoms with Crippen LogP contribution in [0.25, 0.3) is 0 Å². The highest BCUT2D eigenvalue weighted by Crippen LogP contribution is 2.08. The number of carboxylic acid groups (broad SMARTS) is 1. The number of amides is 1. The Labute approximate surface area is 135 Å². The molecule has 0 aliphatic heterocycles. The van der Waals surface area contributed by atoms with Gasteiger partial charge in [0.1, 0.15) is 18.2 Å². The largest absolute Gasteiger partial charge is 0.481 e. The first-order valence-corrected chi connectivity index (χ1v) is 6.91. The Bertz CT molecular complexity index is 501. The van der Waals surface area contributed by atoms with E-state index in [0.717, 1.165) is 0 Å². The van der Waals surface area contributed by atoms with E-state index in [1.807, 2.05) is 0 Å². The first-order chi connectivity index (χ1) is 10.6. The number of hydrogen-bond donors (Lipinski definition) is 2. The van der Waals surface area contributed by atoms with Crippen LogP contribution in [0.4, 0.5) is 4.79 Å². The van der Waals surface area contributed by atoms with Crippen molar-refractivity contribution in [3.05, 3.63) is 37.0 Å². The van der Waals surface area contributed by atoms with E-state index in [0.29, 0.717) is 5.57 Å². The van der Waals surface area contributed by atoms with Gasteiger partial charge in [-0.3, -0.25) is 4.79 Å². The van der Waals surface area contributed by atoms with Gasteiger partial charge in [-0.1, -0.05) is 31.4 Å². The summed E-state index contributed by atoms with van der Waals surface area (Å²) in [5, 5.41) is 11.0. The Morgan fingerprint density at radius 2 is 1.87 bits per heavy atom. The molecule has 0 aromatic carbocycles. The summed E-state index contributed by atoms with van der Waals surface area (Å²) in [6, 6.07) is -1.35. The van der Waals surface area contributed by atoms with Crippen molar-refractivity contribution in [3.8, 4) is 0 Å². The van der Waals surface area contributed by atoms with Crippen LogP contribution in [0.2, 0.25) is 0 Å². The quantitative estimate of drug-likeness (QED) is 0.524. The molecular weight excluding hydrogens is 302 g/mol. The SMILES string of the molecule is C=C/C=C(\C=C)COC(=O)C(CC(=O)O)NC(=O)OC(C)(C)C. The first-order valence-electron chi connectivity index (χ1n) is 6.91. The number of esters is 1. The van der Waals surface area contributed by atoms with Gasteiger partial charge in [0, 0.05) is 0 Å². The molecule has 0 aliphatic carbocycles. The van der Waals surface area contributed by atoms with Crippen LogP contribution < -0.4 is 5.32 Å². The smallest absolute Gasteiger partial charge is 0.408 e. The van der Waals surface area contributed by atoms with Crippen LogP contribution in [-0.4, -0.2) is 41.4 Å². The molecular formula is C16H23NO6. The minimum atomic E-state index is -1.35. The number of carbonyl (C=O) groups excluding carboxylic acids is 2. The summed E-state index contributed by atoms with van der Waals surface area (Å²) in [6.07, 6.45) is 3.05. The summed E-state index contributed by atoms with van der Waals surface area (Å²) < 4.78 is 9.98. The van der Waals surface area contributed by atoms with E-state index in [4.69, 9.17) is 14.6 Å². The van der Waals surface area contributed by atoms with Crippen LogP contribution in [0.1, 0.15) is 27.2 Å². The lowest BCUT2D eigenvalue weighted by molar-refractivity contribution is -0.149. The number of allylic oxidation sites excluding steroid dienone is 2. The predicted octanol–water partition coefficient (Wildman–Crippen LogP) is 2.20. The van der Waals surface area contributed by atoms with Gasteiger partial charge < -0.3 is 19.9 Å². The van der Waals surface area contributed by atoms with Crippen molar-refractivity contribution in [3.63, 3.8) is 0 Å². The number of carbonyl (C=O) groups is 3. The molecule has 2 N–H and O–H groups in total. The third kappa shape index (κ3) is 9.89. The molecule has 0 bridgehead atoms. The Hall–Kier alpha value is -2.57. The summed E-state index contributed by atoms with van der Waals surface area (Å²) >= 11 is 0. The topological polar surface area (TPSA) is 102 Å². The van der Waals surface area contributed by atoms with E-state index in [1.165, 1.54) is 12.2 Å². The van der Waals surface area contributed by atoms with Crippen LogP contribution in [0, 0.1) is 0 Å². The Balaban J connectivity index is 4.82. The molecule has 0 radical (unpaired) electrons. The van der Waals surface area contributed by atoms with E-state index >= 15 is 0 Å². The molecule has 128 valence electrons. The van der Waals surface area contributed by atoms with Crippen molar-refractivity contribution < 1.29 is 29.0 Å². The second-order valence-corrected chi connectivity index (χ2v) is 5.59. The summed E-state index contributed by atoms with van der Waals surface area (Å²) in [4.78, 5) is 34.5. The fraction of sp³-hybridized carbons (Fsp3) is 0.438. The zero-order valence-electron chi connectivity index (χ0n) is 13.6. The lowest BCUT2D eigenvalue weighted by Crippen LogP contribution is -2.45. The Kier molecular flexibility index (Phi) is 8.39. The van der Waals surface area contributed by atoms with E-state index in [9.17, 15) is 14.4 Å². The average Bonchev–Trinajstić information content (AvgIpc) is 2.39. The minimum Gasteiger partial charge on any atom is -0.481 e. The highest BCUT2D eigenvalue weighted by Gasteiger charge is 2.27. The van der Waals surface area contributed by atoms with Crippen molar-refractivity contribution in [1.29, 1.82) is 0 Å². The van der Waals surface area contributed by atoms with Crippen LogP contribution in [-0.2, 0) is 19.1 Å². The van der Waals surface area contributed by atoms with Crippen LogP contribution in [0.15, 0.2) is 37.0 Å². The predicted molar refractivity (Wildman–Crippen MR) is 84.8 cm³/mol. The van der Waals surface area contributed by atoms with Crippen molar-refractivity contribution in [2.45, 2.75) is 38.8 Å². The number of rotatable bonds is 8. The first kappa shape index (κ1) is 20.4. The molecule has 0 heterocycles. The second kappa shape index (κ2) is 9.45. The second-order valence-electron chi connectivity index (χ2n) is 5.59. The maximum atomic E-state index is 12.0. The average molecular weight is 325 g/mol. The van der Waals surface area contributed by atoms with Crippen molar-refractivity contribution >= 4 is 18.0 Å². The van der Waals surface area contributed by atoms with E-state index in [-0.39, 0.29) is 6.61 Å². The Morgan fingerprint density at radius 1 is 1.26 bits per heavy atom. The van der Waals surface area contributed by atoms with Crippen LogP contribution in [0.5, 0.6) is 0 Å². The van der Waals surface area contributed by atoms with Crippen LogP contribution >= 0.6 is 0 Å². The maximum Gasteiger partial charge on any atom is 0.408 e. The molecule has 0 aromatic rings. The van der Waals surface area contributed by atoms with Crippen molar-refractivity contribution in [2.75, 3.05) is 6.61 Å². The highest BCUT2D eigenvalue weighted by atomic mass is 16.6. The Morgan fingerprint density at radius 3 is 2.30 bits per heavy atom. The van der Waals surface area contributed by atoms with Gasteiger partial charge in [-0.15, -0.1) is 0 Å². The molecule has 1 unspecified atom stereocenters. The third-order valence-corrected chi connectivity index (χ3v) is 2.33. The fourth-order valence-electron chi connectivity index (χ4n) is 1.40. The molecule has 0 rings (SSSR count). The number of aliphatic carboxylic acids is 1. The maximum absolute atomic E-state index is 12.0. The molecule has 7 nitrogen and oxygen atoms in total. The lowest BCUT2D eigenvalue weighted by atomic mass is 10.2. The van der Waals surface area contributed by atoms with Gasteiger partial charge in [0.2, 0.25) is 0 Å². The number of nitrogens with one attached hydrogen (secondary N) is 1. The molecule has 7 heteroatoms. The van der Waals surface area contributed by atoms with Crippen LogP contribution in [0.3, 0.4) is 0 Å². The molecule has 1 atom stereocenters. The number of carboxylic acids is 1. The van der Waals surface area contributed by atoms with Gasteiger partial charge >= 0.3 is 18.0 Å². The van der Waals surface area contributed by atoms with Crippen molar-refractivity contribution in [1.82, 2.24) is 5.32 Å². The molecule has 0 spiro atoms. The van der Waals surface area contributed by atoms with E-state index < -0.39 is 36.1 Å². The monoisotopic (exact) mass is 325 g/mol. The lowest BCUT2D eigenvalue weighted by Gasteiger charge is -2.22. The number of hydrogen-bond acceptors (Lipinski definition) is 5. The molecule has 0 saturated heterocycles. The summed E-state index contributed by atoms with van der Waals surface area (Å²) in [6.45, 7) is 11.9. The third-order valence-electron chi connectivity index (χ3n) is 2.33. The molecule has 1 amide bonds. The minimum absolute atomic E-state index is 0.111. The zero-order valence-corrected chi connectivity index (χ0v) is 13.6. The summed E-state index contributed by atoms with van der Waals surface area (Å²) in [7, 11) is 0. The van der Waals surface area contributed by atoms with Gasteiger partial charge in [-0.2, -0.15) is 0 Å². The number of ether oxygens (including phenoxy) is 2. The van der Waals surface area contributed by atoms with Gasteiger partial charge in [0.15, 0.2) is 0 Å². The van der Waals surface area contributed by atoms with Crippen molar-refractivity contribution in [2.24, 2.45) is 0 Å².